The van der Waals surface area contributed by atoms with Crippen molar-refractivity contribution in [1.29, 1.82) is 5.41 Å². The van der Waals surface area contributed by atoms with Crippen LogP contribution in [0.15, 0.2) is 22.7 Å². The van der Waals surface area contributed by atoms with Gasteiger partial charge >= 0.3 is 0 Å². The smallest absolute Gasteiger partial charge is 0.0573 e. The lowest BCUT2D eigenvalue weighted by Gasteiger charge is -2.09. The van der Waals surface area contributed by atoms with Gasteiger partial charge in [-0.15, -0.1) is 0 Å². The molecule has 0 aliphatic carbocycles. The molecule has 0 spiro atoms. The van der Waals surface area contributed by atoms with Crippen LogP contribution in [-0.2, 0) is 0 Å². The van der Waals surface area contributed by atoms with E-state index in [9.17, 15) is 0 Å². The summed E-state index contributed by atoms with van der Waals surface area (Å²) in [5.41, 5.74) is 2.48. The molecule has 0 aliphatic heterocycles. The van der Waals surface area contributed by atoms with Gasteiger partial charge in [0.2, 0.25) is 0 Å². The number of anilines is 1. The fraction of sp³-hybridized carbons (Fsp3) is 0.222. The number of halogens is 1. The highest BCUT2D eigenvalue weighted by Gasteiger charge is 2.05. The summed E-state index contributed by atoms with van der Waals surface area (Å²) < 4.78 is 0.995. The van der Waals surface area contributed by atoms with Gasteiger partial charge in [0.05, 0.1) is 5.69 Å². The highest BCUT2D eigenvalue weighted by molar-refractivity contribution is 9.10. The van der Waals surface area contributed by atoms with Gasteiger partial charge < -0.3 is 10.7 Å². The van der Waals surface area contributed by atoms with Gasteiger partial charge in [-0.25, -0.2) is 0 Å². The minimum atomic E-state index is 0.570. The second-order valence-electron chi connectivity index (χ2n) is 2.54. The van der Waals surface area contributed by atoms with Gasteiger partial charge in [0.15, 0.2) is 0 Å². The summed E-state index contributed by atoms with van der Waals surface area (Å²) in [5, 5.41) is 10.6. The Bertz CT molecular complexity index is 307. The van der Waals surface area contributed by atoms with E-state index < -0.39 is 0 Å². The monoisotopic (exact) mass is 226 g/mol. The topological polar surface area (TPSA) is 35.9 Å². The van der Waals surface area contributed by atoms with Crippen LogP contribution >= 0.6 is 15.9 Å². The quantitative estimate of drug-likeness (QED) is 0.748. The third-order valence-corrected chi connectivity index (χ3v) is 2.33. The average Bonchev–Trinajstić information content (AvgIpc) is 2.03. The number of hydrogen-bond donors (Lipinski definition) is 2. The SMILES string of the molecule is CNc1c(Br)cccc1C(C)=N. The zero-order valence-electron chi connectivity index (χ0n) is 7.11. The zero-order valence-corrected chi connectivity index (χ0v) is 8.70. The second-order valence-corrected chi connectivity index (χ2v) is 3.39. The maximum absolute atomic E-state index is 7.52. The number of nitrogens with one attached hydrogen (secondary N) is 2. The zero-order chi connectivity index (χ0) is 9.14. The molecule has 64 valence electrons. The molecule has 0 heterocycles. The first-order valence-electron chi connectivity index (χ1n) is 3.68. The molecule has 0 amide bonds. The van der Waals surface area contributed by atoms with Crippen LogP contribution in [-0.4, -0.2) is 12.8 Å². The molecule has 0 radical (unpaired) electrons. The Morgan fingerprint density at radius 3 is 2.58 bits per heavy atom. The van der Waals surface area contributed by atoms with Crippen molar-refractivity contribution in [3.63, 3.8) is 0 Å². The minimum absolute atomic E-state index is 0.570. The van der Waals surface area contributed by atoms with E-state index in [2.05, 4.69) is 21.2 Å². The maximum Gasteiger partial charge on any atom is 0.0573 e. The van der Waals surface area contributed by atoms with Crippen molar-refractivity contribution in [3.8, 4) is 0 Å². The van der Waals surface area contributed by atoms with Crippen molar-refractivity contribution in [2.24, 2.45) is 0 Å². The Balaban J connectivity index is 3.27. The van der Waals surface area contributed by atoms with Crippen LogP contribution in [0.5, 0.6) is 0 Å². The average molecular weight is 227 g/mol. The lowest BCUT2D eigenvalue weighted by Crippen LogP contribution is -2.00. The van der Waals surface area contributed by atoms with E-state index >= 15 is 0 Å². The Morgan fingerprint density at radius 2 is 2.17 bits per heavy atom. The van der Waals surface area contributed by atoms with Gasteiger partial charge in [-0.2, -0.15) is 0 Å². The molecule has 0 aromatic heterocycles. The number of rotatable bonds is 2. The highest BCUT2D eigenvalue weighted by Crippen LogP contribution is 2.25. The minimum Gasteiger partial charge on any atom is -0.387 e. The summed E-state index contributed by atoms with van der Waals surface area (Å²) in [6.45, 7) is 1.78. The molecule has 0 saturated heterocycles. The predicted molar refractivity (Wildman–Crippen MR) is 56.2 cm³/mol. The summed E-state index contributed by atoms with van der Waals surface area (Å²) in [7, 11) is 1.85. The molecular weight excluding hydrogens is 216 g/mol. The normalized spacial score (nSPS) is 9.58. The van der Waals surface area contributed by atoms with E-state index in [0.717, 1.165) is 15.7 Å². The van der Waals surface area contributed by atoms with Gasteiger partial charge in [0.1, 0.15) is 0 Å². The molecule has 12 heavy (non-hydrogen) atoms. The summed E-state index contributed by atoms with van der Waals surface area (Å²) in [4.78, 5) is 0. The Hall–Kier alpha value is -0.830. The molecule has 3 heteroatoms. The first-order chi connectivity index (χ1) is 5.66. The molecule has 0 bridgehead atoms. The van der Waals surface area contributed by atoms with Gasteiger partial charge in [-0.05, 0) is 28.9 Å². The lowest BCUT2D eigenvalue weighted by atomic mass is 10.1. The van der Waals surface area contributed by atoms with E-state index in [0.29, 0.717) is 5.71 Å². The summed E-state index contributed by atoms with van der Waals surface area (Å²) >= 11 is 3.42. The molecule has 1 rings (SSSR count). The van der Waals surface area contributed by atoms with E-state index in [1.165, 1.54) is 0 Å². The molecule has 0 aliphatic rings. The summed E-state index contributed by atoms with van der Waals surface area (Å²) in [5.74, 6) is 0. The Labute approximate surface area is 80.6 Å². The number of para-hydroxylation sites is 1. The fourth-order valence-corrected chi connectivity index (χ4v) is 1.66. The maximum atomic E-state index is 7.52. The van der Waals surface area contributed by atoms with E-state index in [-0.39, 0.29) is 0 Å². The van der Waals surface area contributed by atoms with Crippen molar-refractivity contribution in [2.45, 2.75) is 6.92 Å². The van der Waals surface area contributed by atoms with Crippen molar-refractivity contribution in [1.82, 2.24) is 0 Å². The van der Waals surface area contributed by atoms with E-state index in [1.807, 2.05) is 25.2 Å². The van der Waals surface area contributed by atoms with Crippen LogP contribution in [0, 0.1) is 5.41 Å². The van der Waals surface area contributed by atoms with E-state index in [1.54, 1.807) is 6.92 Å². The van der Waals surface area contributed by atoms with Crippen LogP contribution in [0.2, 0.25) is 0 Å². The van der Waals surface area contributed by atoms with Crippen molar-refractivity contribution in [2.75, 3.05) is 12.4 Å². The van der Waals surface area contributed by atoms with Crippen LogP contribution < -0.4 is 5.32 Å². The largest absolute Gasteiger partial charge is 0.387 e. The van der Waals surface area contributed by atoms with Gasteiger partial charge in [-0.1, -0.05) is 12.1 Å². The van der Waals surface area contributed by atoms with E-state index in [4.69, 9.17) is 5.41 Å². The van der Waals surface area contributed by atoms with Crippen LogP contribution in [0.3, 0.4) is 0 Å². The highest BCUT2D eigenvalue weighted by atomic mass is 79.9. The third-order valence-electron chi connectivity index (χ3n) is 1.67. The van der Waals surface area contributed by atoms with Crippen LogP contribution in [0.25, 0.3) is 0 Å². The fourth-order valence-electron chi connectivity index (χ4n) is 1.09. The van der Waals surface area contributed by atoms with Crippen LogP contribution in [0.1, 0.15) is 12.5 Å². The van der Waals surface area contributed by atoms with Crippen molar-refractivity contribution < 1.29 is 0 Å². The first kappa shape index (κ1) is 9.26. The molecule has 0 fully saturated rings. The molecular formula is C9H11BrN2. The third kappa shape index (κ3) is 1.67. The molecule has 0 saturated carbocycles. The summed E-state index contributed by atoms with van der Waals surface area (Å²) in [6.07, 6.45) is 0. The molecule has 0 atom stereocenters. The summed E-state index contributed by atoms with van der Waals surface area (Å²) in [6, 6.07) is 5.81. The second kappa shape index (κ2) is 3.72. The predicted octanol–water partition coefficient (Wildman–Crippen LogP) is 2.88. The van der Waals surface area contributed by atoms with Crippen LogP contribution in [0.4, 0.5) is 5.69 Å². The van der Waals surface area contributed by atoms with Gasteiger partial charge in [0, 0.05) is 22.8 Å². The standard InChI is InChI=1S/C9H11BrN2/c1-6(11)7-4-3-5-8(10)9(7)12-2/h3-5,11-12H,1-2H3. The van der Waals surface area contributed by atoms with Gasteiger partial charge in [-0.3, -0.25) is 0 Å². The molecule has 1 aromatic rings. The lowest BCUT2D eigenvalue weighted by molar-refractivity contribution is 1.41. The van der Waals surface area contributed by atoms with Crippen molar-refractivity contribution in [3.05, 3.63) is 28.2 Å². The number of hydrogen-bond acceptors (Lipinski definition) is 2. The first-order valence-corrected chi connectivity index (χ1v) is 4.48. The Morgan fingerprint density at radius 1 is 1.50 bits per heavy atom. The molecule has 2 nitrogen and oxygen atoms in total. The molecule has 1 aromatic carbocycles. The molecule has 0 unspecified atom stereocenters. The Kier molecular flexibility index (Phi) is 2.87. The van der Waals surface area contributed by atoms with Gasteiger partial charge in [0.25, 0.3) is 0 Å². The van der Waals surface area contributed by atoms with Crippen molar-refractivity contribution >= 4 is 27.3 Å². The number of benzene rings is 1. The molecule has 2 N–H and O–H groups in total.